The van der Waals surface area contributed by atoms with Gasteiger partial charge in [0.1, 0.15) is 0 Å². The summed E-state index contributed by atoms with van der Waals surface area (Å²) in [5.41, 5.74) is 1.97. The number of amides is 2. The molecule has 2 amide bonds. The molecule has 7 heteroatoms. The highest BCUT2D eigenvalue weighted by atomic mass is 16.2. The van der Waals surface area contributed by atoms with Gasteiger partial charge >= 0.3 is 0 Å². The van der Waals surface area contributed by atoms with Crippen LogP contribution in [0.3, 0.4) is 0 Å². The molecular formula is C18H23N5O2. The first-order valence-electron chi connectivity index (χ1n) is 8.35. The standard InChI is InChI=1S/C18H23N5O2/c1-21-10-8-19-18(25)16(21)12-17(24)22(2)13-14-5-3-6-15(11-14)23-9-4-7-20-23/h3-7,9,11,16H,8,10,12-13H2,1-2H3,(H,19,25). The van der Waals surface area contributed by atoms with Crippen LogP contribution in [0.2, 0.25) is 0 Å². The second kappa shape index (κ2) is 7.48. The Morgan fingerprint density at radius 2 is 2.24 bits per heavy atom. The van der Waals surface area contributed by atoms with E-state index < -0.39 is 0 Å². The number of carbonyl (C=O) groups is 2. The number of benzene rings is 1. The minimum Gasteiger partial charge on any atom is -0.353 e. The van der Waals surface area contributed by atoms with Gasteiger partial charge in [0.05, 0.1) is 18.2 Å². The van der Waals surface area contributed by atoms with Crippen molar-refractivity contribution in [2.45, 2.75) is 19.0 Å². The number of piperazine rings is 1. The van der Waals surface area contributed by atoms with E-state index in [0.717, 1.165) is 17.8 Å². The molecule has 1 aliphatic rings. The average Bonchev–Trinajstić information content (AvgIpc) is 3.13. The van der Waals surface area contributed by atoms with E-state index in [0.29, 0.717) is 13.1 Å². The maximum absolute atomic E-state index is 12.5. The number of rotatable bonds is 5. The fourth-order valence-corrected chi connectivity index (χ4v) is 2.98. The maximum atomic E-state index is 12.5. The van der Waals surface area contributed by atoms with E-state index in [1.165, 1.54) is 0 Å². The third-order valence-electron chi connectivity index (χ3n) is 4.49. The Labute approximate surface area is 147 Å². The molecule has 0 saturated carbocycles. The molecule has 25 heavy (non-hydrogen) atoms. The maximum Gasteiger partial charge on any atom is 0.237 e. The molecule has 1 fully saturated rings. The SMILES string of the molecule is CN(Cc1cccc(-n2cccn2)c1)C(=O)CC1C(=O)NCCN1C. The third-order valence-corrected chi connectivity index (χ3v) is 4.49. The first kappa shape index (κ1) is 17.2. The van der Waals surface area contributed by atoms with E-state index in [1.54, 1.807) is 22.8 Å². The molecule has 1 saturated heterocycles. The summed E-state index contributed by atoms with van der Waals surface area (Å²) in [5, 5.41) is 7.04. The summed E-state index contributed by atoms with van der Waals surface area (Å²) in [7, 11) is 3.65. The van der Waals surface area contributed by atoms with E-state index >= 15 is 0 Å². The number of aromatic nitrogens is 2. The molecule has 7 nitrogen and oxygen atoms in total. The molecular weight excluding hydrogens is 318 g/mol. The lowest BCUT2D eigenvalue weighted by Crippen LogP contribution is -2.54. The quantitative estimate of drug-likeness (QED) is 0.867. The van der Waals surface area contributed by atoms with E-state index in [9.17, 15) is 9.59 Å². The van der Waals surface area contributed by atoms with Gasteiger partial charge in [-0.25, -0.2) is 4.68 Å². The zero-order valence-electron chi connectivity index (χ0n) is 14.6. The van der Waals surface area contributed by atoms with Gasteiger partial charge in [0.15, 0.2) is 0 Å². The number of hydrogen-bond acceptors (Lipinski definition) is 4. The average molecular weight is 341 g/mol. The van der Waals surface area contributed by atoms with Crippen LogP contribution >= 0.6 is 0 Å². The van der Waals surface area contributed by atoms with Crippen LogP contribution in [0.4, 0.5) is 0 Å². The van der Waals surface area contributed by atoms with Crippen LogP contribution in [0.1, 0.15) is 12.0 Å². The number of likely N-dealkylation sites (N-methyl/N-ethyl adjacent to an activating group) is 1. The normalized spacial score (nSPS) is 18.0. The van der Waals surface area contributed by atoms with Crippen LogP contribution in [0.25, 0.3) is 5.69 Å². The van der Waals surface area contributed by atoms with Gasteiger partial charge in [-0.3, -0.25) is 14.5 Å². The Morgan fingerprint density at radius 3 is 2.96 bits per heavy atom. The lowest BCUT2D eigenvalue weighted by Gasteiger charge is -2.32. The van der Waals surface area contributed by atoms with Gasteiger partial charge in [-0.05, 0) is 30.8 Å². The predicted molar refractivity (Wildman–Crippen MR) is 94.1 cm³/mol. The zero-order chi connectivity index (χ0) is 17.8. The second-order valence-corrected chi connectivity index (χ2v) is 6.36. The topological polar surface area (TPSA) is 70.5 Å². The molecule has 1 atom stereocenters. The number of nitrogens with one attached hydrogen (secondary N) is 1. The molecule has 2 aromatic rings. The summed E-state index contributed by atoms with van der Waals surface area (Å²) in [5.74, 6) is -0.116. The molecule has 1 aliphatic heterocycles. The van der Waals surface area contributed by atoms with Crippen LogP contribution in [0.5, 0.6) is 0 Å². The lowest BCUT2D eigenvalue weighted by molar-refractivity contribution is -0.137. The van der Waals surface area contributed by atoms with Gasteiger partial charge in [0.2, 0.25) is 11.8 Å². The van der Waals surface area contributed by atoms with E-state index in [-0.39, 0.29) is 24.3 Å². The van der Waals surface area contributed by atoms with E-state index in [2.05, 4.69) is 10.4 Å². The summed E-state index contributed by atoms with van der Waals surface area (Å²) < 4.78 is 1.78. The highest BCUT2D eigenvalue weighted by Gasteiger charge is 2.29. The van der Waals surface area contributed by atoms with Gasteiger partial charge < -0.3 is 10.2 Å². The second-order valence-electron chi connectivity index (χ2n) is 6.36. The van der Waals surface area contributed by atoms with Crippen LogP contribution in [0.15, 0.2) is 42.7 Å². The highest BCUT2D eigenvalue weighted by Crippen LogP contribution is 2.13. The van der Waals surface area contributed by atoms with Gasteiger partial charge in [-0.2, -0.15) is 5.10 Å². The van der Waals surface area contributed by atoms with Crippen LogP contribution < -0.4 is 5.32 Å². The first-order chi connectivity index (χ1) is 12.0. The van der Waals surface area contributed by atoms with Crippen molar-refractivity contribution < 1.29 is 9.59 Å². The van der Waals surface area contributed by atoms with Crippen LogP contribution in [-0.4, -0.2) is 64.6 Å². The molecule has 2 heterocycles. The number of hydrogen-bond donors (Lipinski definition) is 1. The Bertz CT molecular complexity index is 744. The van der Waals surface area contributed by atoms with E-state index in [1.807, 2.05) is 48.5 Å². The minimum atomic E-state index is -0.390. The fraction of sp³-hybridized carbons (Fsp3) is 0.389. The molecule has 0 aliphatic carbocycles. The predicted octanol–water partition coefficient (Wildman–Crippen LogP) is 0.651. The number of nitrogens with zero attached hydrogens (tertiary/aromatic N) is 4. The van der Waals surface area contributed by atoms with Gasteiger partial charge in [-0.1, -0.05) is 12.1 Å². The number of carbonyl (C=O) groups excluding carboxylic acids is 2. The molecule has 1 aromatic carbocycles. The molecule has 0 bridgehead atoms. The Morgan fingerprint density at radius 1 is 1.40 bits per heavy atom. The molecule has 0 radical (unpaired) electrons. The summed E-state index contributed by atoms with van der Waals surface area (Å²) in [6.07, 6.45) is 3.80. The van der Waals surface area contributed by atoms with E-state index in [4.69, 9.17) is 0 Å². The Kier molecular flexibility index (Phi) is 5.14. The van der Waals surface area contributed by atoms with Crippen molar-refractivity contribution in [3.63, 3.8) is 0 Å². The van der Waals surface area contributed by atoms with Crippen molar-refractivity contribution >= 4 is 11.8 Å². The van der Waals surface area contributed by atoms with Crippen molar-refractivity contribution in [3.8, 4) is 5.69 Å². The van der Waals surface area contributed by atoms with Crippen LogP contribution in [-0.2, 0) is 16.1 Å². The van der Waals surface area contributed by atoms with Crippen molar-refractivity contribution in [1.29, 1.82) is 0 Å². The van der Waals surface area contributed by atoms with Gasteiger partial charge in [0, 0.05) is 39.1 Å². The zero-order valence-corrected chi connectivity index (χ0v) is 14.6. The third kappa shape index (κ3) is 4.06. The molecule has 132 valence electrons. The summed E-state index contributed by atoms with van der Waals surface area (Å²) >= 11 is 0. The van der Waals surface area contributed by atoms with Gasteiger partial charge in [-0.15, -0.1) is 0 Å². The first-order valence-corrected chi connectivity index (χ1v) is 8.35. The van der Waals surface area contributed by atoms with Gasteiger partial charge in [0.25, 0.3) is 0 Å². The fourth-order valence-electron chi connectivity index (χ4n) is 2.98. The summed E-state index contributed by atoms with van der Waals surface area (Å²) in [6.45, 7) is 1.89. The summed E-state index contributed by atoms with van der Waals surface area (Å²) in [6, 6.07) is 9.40. The molecule has 1 unspecified atom stereocenters. The van der Waals surface area contributed by atoms with Crippen molar-refractivity contribution in [2.75, 3.05) is 27.2 Å². The largest absolute Gasteiger partial charge is 0.353 e. The monoisotopic (exact) mass is 341 g/mol. The van der Waals surface area contributed by atoms with Crippen LogP contribution in [0, 0.1) is 0 Å². The van der Waals surface area contributed by atoms with Crippen molar-refractivity contribution in [3.05, 3.63) is 48.3 Å². The Hall–Kier alpha value is -2.67. The molecule has 1 N–H and O–H groups in total. The Balaban J connectivity index is 1.63. The lowest BCUT2D eigenvalue weighted by atomic mass is 10.1. The van der Waals surface area contributed by atoms with Crippen molar-refractivity contribution in [2.24, 2.45) is 0 Å². The highest BCUT2D eigenvalue weighted by molar-refractivity contribution is 5.88. The van der Waals surface area contributed by atoms with Crippen molar-refractivity contribution in [1.82, 2.24) is 24.9 Å². The smallest absolute Gasteiger partial charge is 0.237 e. The molecule has 3 rings (SSSR count). The molecule has 0 spiro atoms. The molecule has 1 aromatic heterocycles. The summed E-state index contributed by atoms with van der Waals surface area (Å²) in [4.78, 5) is 28.1. The minimum absolute atomic E-state index is 0.0432.